The van der Waals surface area contributed by atoms with Crippen molar-refractivity contribution in [3.8, 4) is 0 Å². The van der Waals surface area contributed by atoms with Gasteiger partial charge in [0, 0.05) is 30.5 Å². The van der Waals surface area contributed by atoms with Crippen LogP contribution in [-0.4, -0.2) is 25.6 Å². The third kappa shape index (κ3) is 3.57. The molecule has 2 N–H and O–H groups in total. The molecule has 0 spiro atoms. The van der Waals surface area contributed by atoms with Crippen LogP contribution < -0.4 is 10.6 Å². The third-order valence-electron chi connectivity index (χ3n) is 3.74. The lowest BCUT2D eigenvalue weighted by Gasteiger charge is -2.16. The monoisotopic (exact) mass is 322 g/mol. The molecule has 7 nitrogen and oxygen atoms in total. The highest BCUT2D eigenvalue weighted by atomic mass is 16.2. The molecule has 2 heterocycles. The number of aromatic nitrogens is 4. The summed E-state index contributed by atoms with van der Waals surface area (Å²) in [6, 6.07) is 7.53. The zero-order valence-electron chi connectivity index (χ0n) is 13.5. The highest BCUT2D eigenvalue weighted by Crippen LogP contribution is 2.21. The molecular weight excluding hydrogens is 304 g/mol. The number of amides is 2. The fourth-order valence-electron chi connectivity index (χ4n) is 2.44. The number of nitrogens with one attached hydrogen (secondary N) is 2. The molecule has 3 aromatic rings. The molecular formula is C17H18N6O. The quantitative estimate of drug-likeness (QED) is 0.772. The van der Waals surface area contributed by atoms with E-state index in [1.54, 1.807) is 12.4 Å². The van der Waals surface area contributed by atoms with Crippen molar-refractivity contribution in [2.24, 2.45) is 0 Å². The fourth-order valence-corrected chi connectivity index (χ4v) is 2.44. The van der Waals surface area contributed by atoms with Gasteiger partial charge >= 0.3 is 6.03 Å². The van der Waals surface area contributed by atoms with Gasteiger partial charge in [-0.05, 0) is 31.5 Å². The molecule has 2 amide bonds. The van der Waals surface area contributed by atoms with Crippen molar-refractivity contribution in [2.45, 2.75) is 19.9 Å². The second-order valence-electron chi connectivity index (χ2n) is 5.35. The number of hydrogen-bond donors (Lipinski definition) is 2. The van der Waals surface area contributed by atoms with E-state index in [-0.39, 0.29) is 12.1 Å². The Kier molecular flexibility index (Phi) is 4.51. The van der Waals surface area contributed by atoms with E-state index >= 15 is 0 Å². The average Bonchev–Trinajstić information content (AvgIpc) is 3.02. The highest BCUT2D eigenvalue weighted by Gasteiger charge is 2.10. The molecule has 7 heteroatoms. The summed E-state index contributed by atoms with van der Waals surface area (Å²) in [6.07, 6.45) is 8.30. The molecule has 0 aliphatic rings. The molecule has 0 aliphatic heterocycles. The summed E-state index contributed by atoms with van der Waals surface area (Å²) in [4.78, 5) is 24.1. The Hall–Kier alpha value is -3.22. The lowest BCUT2D eigenvalue weighted by molar-refractivity contribution is 0.262. The van der Waals surface area contributed by atoms with Crippen LogP contribution in [0.15, 0.2) is 55.2 Å². The molecule has 0 radical (unpaired) electrons. The number of anilines is 2. The Morgan fingerprint density at radius 2 is 1.88 bits per heavy atom. The van der Waals surface area contributed by atoms with E-state index in [0.29, 0.717) is 11.5 Å². The third-order valence-corrected chi connectivity index (χ3v) is 3.74. The topological polar surface area (TPSA) is 84.7 Å². The number of aryl methyl sites for hydroxylation is 1. The molecule has 0 fully saturated rings. The maximum absolute atomic E-state index is 11.9. The molecule has 0 aliphatic carbocycles. The summed E-state index contributed by atoms with van der Waals surface area (Å²) >= 11 is 0. The van der Waals surface area contributed by atoms with Gasteiger partial charge in [0.1, 0.15) is 5.82 Å². The van der Waals surface area contributed by atoms with Crippen LogP contribution in [0, 0.1) is 6.92 Å². The predicted octanol–water partition coefficient (Wildman–Crippen LogP) is 3.23. The maximum atomic E-state index is 11.9. The molecule has 3 rings (SSSR count). The minimum Gasteiger partial charge on any atom is -0.328 e. The lowest BCUT2D eigenvalue weighted by atomic mass is 10.1. The van der Waals surface area contributed by atoms with Gasteiger partial charge in [0.15, 0.2) is 5.82 Å². The van der Waals surface area contributed by atoms with Crippen LogP contribution in [0.5, 0.6) is 0 Å². The van der Waals surface area contributed by atoms with Crippen molar-refractivity contribution in [3.63, 3.8) is 0 Å². The maximum Gasteiger partial charge on any atom is 0.324 e. The zero-order chi connectivity index (χ0) is 16.9. The molecule has 0 saturated heterocycles. The van der Waals surface area contributed by atoms with Crippen LogP contribution in [0.3, 0.4) is 0 Å². The summed E-state index contributed by atoms with van der Waals surface area (Å²) in [6.45, 7) is 4.08. The minimum atomic E-state index is -0.359. The van der Waals surface area contributed by atoms with E-state index in [4.69, 9.17) is 0 Å². The van der Waals surface area contributed by atoms with Gasteiger partial charge in [-0.2, -0.15) is 0 Å². The number of nitrogens with zero attached hydrogens (tertiary/aromatic N) is 4. The molecule has 1 aromatic carbocycles. The normalized spacial score (nSPS) is 11.8. The Bertz CT molecular complexity index is 813. The van der Waals surface area contributed by atoms with E-state index in [0.717, 1.165) is 11.4 Å². The van der Waals surface area contributed by atoms with Gasteiger partial charge in [0.25, 0.3) is 0 Å². The Labute approximate surface area is 139 Å². The SMILES string of the molecule is Cc1nccn1[C@H](C)c1ccc(NC(=O)Nc2cnccn2)cc1. The van der Waals surface area contributed by atoms with Crippen LogP contribution in [0.4, 0.5) is 16.3 Å². The average molecular weight is 322 g/mol. The van der Waals surface area contributed by atoms with Gasteiger partial charge in [-0.25, -0.2) is 14.8 Å². The van der Waals surface area contributed by atoms with E-state index < -0.39 is 0 Å². The molecule has 0 unspecified atom stereocenters. The Morgan fingerprint density at radius 1 is 1.08 bits per heavy atom. The van der Waals surface area contributed by atoms with Gasteiger partial charge in [-0.15, -0.1) is 0 Å². The van der Waals surface area contributed by atoms with Crippen LogP contribution in [0.2, 0.25) is 0 Å². The first-order chi connectivity index (χ1) is 11.6. The highest BCUT2D eigenvalue weighted by molar-refractivity contribution is 5.99. The largest absolute Gasteiger partial charge is 0.328 e. The van der Waals surface area contributed by atoms with Crippen LogP contribution >= 0.6 is 0 Å². The molecule has 1 atom stereocenters. The summed E-state index contributed by atoms with van der Waals surface area (Å²) in [7, 11) is 0. The second kappa shape index (κ2) is 6.91. The van der Waals surface area contributed by atoms with Crippen molar-refractivity contribution in [3.05, 3.63) is 66.6 Å². The van der Waals surface area contributed by atoms with Crippen molar-refractivity contribution in [2.75, 3.05) is 10.6 Å². The summed E-state index contributed by atoms with van der Waals surface area (Å²) in [5, 5.41) is 5.39. The van der Waals surface area contributed by atoms with Crippen LogP contribution in [0.25, 0.3) is 0 Å². The van der Waals surface area contributed by atoms with Crippen LogP contribution in [0.1, 0.15) is 24.4 Å². The number of hydrogen-bond acceptors (Lipinski definition) is 4. The van der Waals surface area contributed by atoms with Gasteiger partial charge in [0.05, 0.1) is 12.2 Å². The van der Waals surface area contributed by atoms with Gasteiger partial charge in [-0.3, -0.25) is 10.3 Å². The van der Waals surface area contributed by atoms with Gasteiger partial charge < -0.3 is 9.88 Å². The smallest absolute Gasteiger partial charge is 0.324 e. The predicted molar refractivity (Wildman–Crippen MR) is 91.9 cm³/mol. The zero-order valence-corrected chi connectivity index (χ0v) is 13.5. The first kappa shape index (κ1) is 15.7. The molecule has 0 bridgehead atoms. The second-order valence-corrected chi connectivity index (χ2v) is 5.35. The van der Waals surface area contributed by atoms with Crippen LogP contribution in [-0.2, 0) is 0 Å². The van der Waals surface area contributed by atoms with Gasteiger partial charge in [0.2, 0.25) is 0 Å². The summed E-state index contributed by atoms with van der Waals surface area (Å²) in [5.74, 6) is 1.36. The van der Waals surface area contributed by atoms with E-state index in [2.05, 4.69) is 37.1 Å². The fraction of sp³-hybridized carbons (Fsp3) is 0.176. The minimum absolute atomic E-state index is 0.176. The number of rotatable bonds is 4. The number of benzene rings is 1. The number of carbonyl (C=O) groups excluding carboxylic acids is 1. The number of imidazole rings is 1. The van der Waals surface area contributed by atoms with Gasteiger partial charge in [-0.1, -0.05) is 12.1 Å². The van der Waals surface area contributed by atoms with E-state index in [9.17, 15) is 4.79 Å². The van der Waals surface area contributed by atoms with Crippen molar-refractivity contribution >= 4 is 17.5 Å². The summed E-state index contributed by atoms with van der Waals surface area (Å²) < 4.78 is 2.10. The van der Waals surface area contributed by atoms with E-state index in [1.165, 1.54) is 12.4 Å². The van der Waals surface area contributed by atoms with Crippen molar-refractivity contribution in [1.29, 1.82) is 0 Å². The number of urea groups is 1. The number of carbonyl (C=O) groups is 1. The Morgan fingerprint density at radius 3 is 2.50 bits per heavy atom. The molecule has 122 valence electrons. The lowest BCUT2D eigenvalue weighted by Crippen LogP contribution is -2.20. The Balaban J connectivity index is 1.64. The van der Waals surface area contributed by atoms with E-state index in [1.807, 2.05) is 37.4 Å². The van der Waals surface area contributed by atoms with Crippen molar-refractivity contribution in [1.82, 2.24) is 19.5 Å². The first-order valence-electron chi connectivity index (χ1n) is 7.57. The molecule has 2 aromatic heterocycles. The first-order valence-corrected chi connectivity index (χ1v) is 7.57. The standard InChI is InChI=1S/C17H18N6O/c1-12(23-10-9-19-13(23)2)14-3-5-15(6-4-14)21-17(24)22-16-11-18-7-8-20-16/h3-12H,1-2H3,(H2,20,21,22,24)/t12-/m1/s1. The van der Waals surface area contributed by atoms with Crippen molar-refractivity contribution < 1.29 is 4.79 Å². The summed E-state index contributed by atoms with van der Waals surface area (Å²) in [5.41, 5.74) is 1.84. The molecule has 24 heavy (non-hydrogen) atoms. The molecule has 0 saturated carbocycles.